The van der Waals surface area contributed by atoms with E-state index in [1.807, 2.05) is 46.9 Å². The van der Waals surface area contributed by atoms with Crippen LogP contribution in [0.25, 0.3) is 10.9 Å². The van der Waals surface area contributed by atoms with Gasteiger partial charge in [0.05, 0.1) is 5.52 Å². The highest BCUT2D eigenvalue weighted by Gasteiger charge is 2.31. The number of aromatic nitrogens is 2. The SMILES string of the molecule is C[C@H]1CN(Cc2ccc3c(N4CCC(=O)NC4=O)nn(C)c3c2)CCN1C(=O)OC(C)(C)C. The quantitative estimate of drug-likeness (QED) is 0.762. The number of carbonyl (C=O) groups is 3. The Bertz CT molecular complexity index is 1090. The van der Waals surface area contributed by atoms with E-state index >= 15 is 0 Å². The molecule has 2 saturated heterocycles. The molecular weight excluding hydrogens is 424 g/mol. The molecule has 0 bridgehead atoms. The average Bonchev–Trinajstić information content (AvgIpc) is 3.02. The van der Waals surface area contributed by atoms with Crippen LogP contribution in [0.3, 0.4) is 0 Å². The third-order valence-electron chi connectivity index (χ3n) is 5.95. The van der Waals surface area contributed by atoms with Gasteiger partial charge in [0.1, 0.15) is 5.60 Å². The standard InChI is InChI=1S/C23H32N6O4/c1-15-13-27(10-11-28(15)22(32)33-23(2,3)4)14-16-6-7-17-18(12-16)26(5)25-20(17)29-9-8-19(30)24-21(29)31/h6-7,12,15H,8-11,13-14H2,1-5H3,(H,24,30,31)/t15-/m0/s1. The largest absolute Gasteiger partial charge is 0.444 e. The van der Waals surface area contributed by atoms with Gasteiger partial charge in [-0.3, -0.25) is 24.6 Å². The number of urea groups is 1. The smallest absolute Gasteiger partial charge is 0.410 e. The molecule has 33 heavy (non-hydrogen) atoms. The van der Waals surface area contributed by atoms with Crippen molar-refractivity contribution in [2.45, 2.75) is 52.3 Å². The fourth-order valence-electron chi connectivity index (χ4n) is 4.37. The number of nitrogens with one attached hydrogen (secondary N) is 1. The number of imide groups is 1. The van der Waals surface area contributed by atoms with Crippen molar-refractivity contribution < 1.29 is 19.1 Å². The first-order chi connectivity index (χ1) is 15.5. The first kappa shape index (κ1) is 23.0. The van der Waals surface area contributed by atoms with Gasteiger partial charge in [0.15, 0.2) is 5.82 Å². The summed E-state index contributed by atoms with van der Waals surface area (Å²) in [4.78, 5) is 41.9. The van der Waals surface area contributed by atoms with Crippen LogP contribution in [0.4, 0.5) is 15.4 Å². The summed E-state index contributed by atoms with van der Waals surface area (Å²) in [5.41, 5.74) is 1.55. The average molecular weight is 457 g/mol. The third-order valence-corrected chi connectivity index (χ3v) is 5.95. The topological polar surface area (TPSA) is 100 Å². The summed E-state index contributed by atoms with van der Waals surface area (Å²) in [6, 6.07) is 5.74. The van der Waals surface area contributed by atoms with Gasteiger partial charge in [-0.25, -0.2) is 9.59 Å². The number of amides is 4. The highest BCUT2D eigenvalue weighted by molar-refractivity contribution is 6.08. The number of benzene rings is 1. The van der Waals surface area contributed by atoms with Gasteiger partial charge >= 0.3 is 12.1 Å². The van der Waals surface area contributed by atoms with Crippen molar-refractivity contribution in [3.8, 4) is 0 Å². The van der Waals surface area contributed by atoms with Gasteiger partial charge in [-0.05, 0) is 45.4 Å². The summed E-state index contributed by atoms with van der Waals surface area (Å²) in [5, 5.41) is 7.77. The second-order valence-electron chi connectivity index (χ2n) is 9.81. The van der Waals surface area contributed by atoms with Crippen molar-refractivity contribution in [2.75, 3.05) is 31.1 Å². The number of fused-ring (bicyclic) bond motifs is 1. The lowest BCUT2D eigenvalue weighted by Crippen LogP contribution is -2.54. The Morgan fingerprint density at radius 2 is 1.97 bits per heavy atom. The van der Waals surface area contributed by atoms with Gasteiger partial charge in [0, 0.05) is 57.6 Å². The summed E-state index contributed by atoms with van der Waals surface area (Å²) in [7, 11) is 1.85. The highest BCUT2D eigenvalue weighted by atomic mass is 16.6. The maximum absolute atomic E-state index is 12.5. The zero-order valence-electron chi connectivity index (χ0n) is 19.9. The molecule has 2 aromatic rings. The van der Waals surface area contributed by atoms with Gasteiger partial charge in [-0.1, -0.05) is 6.07 Å². The Morgan fingerprint density at radius 3 is 2.64 bits per heavy atom. The molecule has 4 amide bonds. The van der Waals surface area contributed by atoms with Gasteiger partial charge in [-0.2, -0.15) is 5.10 Å². The Morgan fingerprint density at radius 1 is 1.21 bits per heavy atom. The summed E-state index contributed by atoms with van der Waals surface area (Å²) >= 11 is 0. The minimum Gasteiger partial charge on any atom is -0.444 e. The van der Waals surface area contributed by atoms with Crippen LogP contribution in [0.5, 0.6) is 0 Å². The van der Waals surface area contributed by atoms with Crippen LogP contribution in [0.1, 0.15) is 39.7 Å². The molecule has 3 heterocycles. The summed E-state index contributed by atoms with van der Waals surface area (Å²) in [6.07, 6.45) is -0.00282. The Kier molecular flexibility index (Phi) is 6.04. The van der Waals surface area contributed by atoms with Crippen LogP contribution in [0.15, 0.2) is 18.2 Å². The Labute approximate surface area is 193 Å². The molecule has 1 aromatic heterocycles. The molecule has 1 N–H and O–H groups in total. The second-order valence-corrected chi connectivity index (χ2v) is 9.81. The second kappa shape index (κ2) is 8.66. The number of hydrogen-bond acceptors (Lipinski definition) is 6. The van der Waals surface area contributed by atoms with E-state index < -0.39 is 11.6 Å². The maximum atomic E-state index is 12.5. The van der Waals surface area contributed by atoms with E-state index in [0.29, 0.717) is 18.9 Å². The monoisotopic (exact) mass is 456 g/mol. The van der Waals surface area contributed by atoms with Crippen LogP contribution in [0, 0.1) is 0 Å². The number of aryl methyl sites for hydroxylation is 1. The lowest BCUT2D eigenvalue weighted by Gasteiger charge is -2.40. The van der Waals surface area contributed by atoms with Crippen LogP contribution >= 0.6 is 0 Å². The van der Waals surface area contributed by atoms with Crippen LogP contribution in [0.2, 0.25) is 0 Å². The minimum atomic E-state index is -0.504. The van der Waals surface area contributed by atoms with E-state index in [9.17, 15) is 14.4 Å². The molecule has 10 heteroatoms. The van der Waals surface area contributed by atoms with Crippen LogP contribution in [-0.2, 0) is 23.1 Å². The number of anilines is 1. The van der Waals surface area contributed by atoms with Crippen molar-refractivity contribution in [3.05, 3.63) is 23.8 Å². The van der Waals surface area contributed by atoms with E-state index in [0.717, 1.165) is 36.1 Å². The number of nitrogens with zero attached hydrogens (tertiary/aromatic N) is 5. The lowest BCUT2D eigenvalue weighted by molar-refractivity contribution is -0.120. The molecule has 178 valence electrons. The van der Waals surface area contributed by atoms with E-state index in [-0.39, 0.29) is 24.5 Å². The van der Waals surface area contributed by atoms with Crippen molar-refractivity contribution >= 4 is 34.8 Å². The summed E-state index contributed by atoms with van der Waals surface area (Å²) < 4.78 is 7.30. The molecule has 10 nitrogen and oxygen atoms in total. The van der Waals surface area contributed by atoms with Gasteiger partial charge in [0.2, 0.25) is 5.91 Å². The summed E-state index contributed by atoms with van der Waals surface area (Å²) in [6.45, 7) is 10.9. The van der Waals surface area contributed by atoms with Gasteiger partial charge < -0.3 is 9.64 Å². The van der Waals surface area contributed by atoms with E-state index in [1.165, 1.54) is 4.90 Å². The zero-order valence-corrected chi connectivity index (χ0v) is 19.9. The van der Waals surface area contributed by atoms with Crippen LogP contribution in [-0.4, -0.2) is 75.4 Å². The molecule has 0 radical (unpaired) electrons. The third kappa shape index (κ3) is 4.95. The Hall–Kier alpha value is -3.14. The molecule has 0 spiro atoms. The van der Waals surface area contributed by atoms with Gasteiger partial charge in [0.25, 0.3) is 0 Å². The predicted octanol–water partition coefficient (Wildman–Crippen LogP) is 2.46. The molecule has 1 atom stereocenters. The van der Waals surface area contributed by atoms with Crippen molar-refractivity contribution in [1.82, 2.24) is 24.9 Å². The van der Waals surface area contributed by atoms with Gasteiger partial charge in [-0.15, -0.1) is 0 Å². The number of rotatable bonds is 3. The molecule has 0 unspecified atom stereocenters. The molecule has 0 aliphatic carbocycles. The fourth-order valence-corrected chi connectivity index (χ4v) is 4.37. The van der Waals surface area contributed by atoms with E-state index in [1.54, 1.807) is 9.58 Å². The number of carbonyl (C=O) groups excluding carboxylic acids is 3. The molecule has 2 aliphatic heterocycles. The van der Waals surface area contributed by atoms with Crippen LogP contribution < -0.4 is 10.2 Å². The predicted molar refractivity (Wildman–Crippen MR) is 124 cm³/mol. The molecule has 2 fully saturated rings. The fraction of sp³-hybridized carbons (Fsp3) is 0.565. The Balaban J connectivity index is 1.45. The summed E-state index contributed by atoms with van der Waals surface area (Å²) in [5.74, 6) is 0.295. The highest BCUT2D eigenvalue weighted by Crippen LogP contribution is 2.28. The molecular formula is C23H32N6O4. The minimum absolute atomic E-state index is 0.0564. The maximum Gasteiger partial charge on any atom is 0.410 e. The van der Waals surface area contributed by atoms with E-state index in [4.69, 9.17) is 4.74 Å². The zero-order chi connectivity index (χ0) is 23.9. The number of ether oxygens (including phenoxy) is 1. The molecule has 4 rings (SSSR count). The molecule has 2 aliphatic rings. The molecule has 0 saturated carbocycles. The number of hydrogen-bond donors (Lipinski definition) is 1. The number of piperazine rings is 1. The van der Waals surface area contributed by atoms with E-state index in [2.05, 4.69) is 21.4 Å². The van der Waals surface area contributed by atoms with Crippen molar-refractivity contribution in [3.63, 3.8) is 0 Å². The van der Waals surface area contributed by atoms with Crippen molar-refractivity contribution in [2.24, 2.45) is 7.05 Å². The molecule has 1 aromatic carbocycles. The first-order valence-electron chi connectivity index (χ1n) is 11.3. The lowest BCUT2D eigenvalue weighted by atomic mass is 10.1. The first-order valence-corrected chi connectivity index (χ1v) is 11.3. The normalized spacial score (nSPS) is 20.3. The van der Waals surface area contributed by atoms with Crippen molar-refractivity contribution in [1.29, 1.82) is 0 Å².